The average Bonchev–Trinajstić information content (AvgIpc) is 2.52. The molecule has 1 aromatic rings. The second-order valence-corrected chi connectivity index (χ2v) is 5.32. The second-order valence-electron chi connectivity index (χ2n) is 5.32. The van der Waals surface area contributed by atoms with Gasteiger partial charge in [-0.3, -0.25) is 9.59 Å². The molecule has 2 rings (SSSR count). The lowest BCUT2D eigenvalue weighted by atomic mass is 10.1. The van der Waals surface area contributed by atoms with E-state index < -0.39 is 0 Å². The maximum atomic E-state index is 12.1. The van der Waals surface area contributed by atoms with E-state index in [0.717, 1.165) is 25.1 Å². The van der Waals surface area contributed by atoms with E-state index in [-0.39, 0.29) is 11.6 Å². The molecule has 0 fully saturated rings. The van der Waals surface area contributed by atoms with Crippen LogP contribution < -0.4 is 10.6 Å². The van der Waals surface area contributed by atoms with E-state index >= 15 is 0 Å². The number of carbonyl (C=O) groups excluding carboxylic acids is 2. The average molecular weight is 298 g/mol. The zero-order chi connectivity index (χ0) is 15.8. The van der Waals surface area contributed by atoms with Gasteiger partial charge >= 0.3 is 0 Å². The molecule has 0 bridgehead atoms. The Morgan fingerprint density at radius 3 is 2.27 bits per heavy atom. The highest BCUT2D eigenvalue weighted by Crippen LogP contribution is 2.14. The van der Waals surface area contributed by atoms with E-state index in [2.05, 4.69) is 17.6 Å². The molecule has 1 aliphatic rings. The van der Waals surface area contributed by atoms with Gasteiger partial charge in [0.05, 0.1) is 11.4 Å². The molecule has 0 aromatic heterocycles. The van der Waals surface area contributed by atoms with Crippen molar-refractivity contribution in [3.05, 3.63) is 53.9 Å². The van der Waals surface area contributed by atoms with Gasteiger partial charge in [-0.05, 0) is 18.6 Å². The molecule has 0 atom stereocenters. The number of benzene rings is 1. The van der Waals surface area contributed by atoms with Crippen molar-refractivity contribution in [2.24, 2.45) is 0 Å². The van der Waals surface area contributed by atoms with Crippen molar-refractivity contribution in [3.63, 3.8) is 0 Å². The van der Waals surface area contributed by atoms with Crippen LogP contribution in [0.4, 0.5) is 5.69 Å². The van der Waals surface area contributed by atoms with Gasteiger partial charge in [0, 0.05) is 24.4 Å². The number of nitrogens with one attached hydrogen (secondary N) is 2. The molecule has 0 heterocycles. The molecule has 0 radical (unpaired) electrons. The summed E-state index contributed by atoms with van der Waals surface area (Å²) >= 11 is 0. The smallest absolute Gasteiger partial charge is 0.204 e. The Balaban J connectivity index is 1.90. The summed E-state index contributed by atoms with van der Waals surface area (Å²) in [6.07, 6.45) is 7.26. The predicted molar refractivity (Wildman–Crippen MR) is 88.4 cm³/mol. The number of allylic oxidation sites excluding steroid dienone is 2. The van der Waals surface area contributed by atoms with E-state index in [9.17, 15) is 9.59 Å². The van der Waals surface area contributed by atoms with Crippen LogP contribution in [0.1, 0.15) is 32.6 Å². The molecule has 4 heteroatoms. The Hall–Kier alpha value is -2.36. The number of carbonyl (C=O) groups is 2. The number of ketones is 2. The molecule has 0 spiro atoms. The number of hydrogen-bond donors (Lipinski definition) is 2. The molecule has 0 saturated carbocycles. The topological polar surface area (TPSA) is 58.2 Å². The van der Waals surface area contributed by atoms with Crippen LogP contribution in [0.2, 0.25) is 0 Å². The van der Waals surface area contributed by atoms with E-state index in [0.29, 0.717) is 11.4 Å². The molecular weight excluding hydrogens is 276 g/mol. The van der Waals surface area contributed by atoms with Crippen LogP contribution >= 0.6 is 0 Å². The van der Waals surface area contributed by atoms with E-state index in [1.165, 1.54) is 25.0 Å². The predicted octanol–water partition coefficient (Wildman–Crippen LogP) is 3.19. The molecule has 0 unspecified atom stereocenters. The minimum absolute atomic E-state index is 0.159. The molecule has 1 aromatic carbocycles. The van der Waals surface area contributed by atoms with Crippen molar-refractivity contribution >= 4 is 17.3 Å². The van der Waals surface area contributed by atoms with Crippen LogP contribution in [-0.2, 0) is 9.59 Å². The Labute approximate surface area is 131 Å². The summed E-state index contributed by atoms with van der Waals surface area (Å²) in [4.78, 5) is 24.2. The Kier molecular flexibility index (Phi) is 5.95. The van der Waals surface area contributed by atoms with E-state index in [1.54, 1.807) is 0 Å². The summed E-state index contributed by atoms with van der Waals surface area (Å²) in [6, 6.07) is 9.34. The zero-order valence-corrected chi connectivity index (χ0v) is 12.9. The summed E-state index contributed by atoms with van der Waals surface area (Å²) < 4.78 is 0. The Bertz CT molecular complexity index is 588. The number of hydrogen-bond acceptors (Lipinski definition) is 4. The monoisotopic (exact) mass is 298 g/mol. The third-order valence-electron chi connectivity index (χ3n) is 3.48. The highest BCUT2D eigenvalue weighted by Gasteiger charge is 2.19. The first-order valence-corrected chi connectivity index (χ1v) is 7.78. The van der Waals surface area contributed by atoms with Crippen molar-refractivity contribution in [1.29, 1.82) is 0 Å². The first-order chi connectivity index (χ1) is 10.7. The van der Waals surface area contributed by atoms with Gasteiger partial charge in [0.2, 0.25) is 11.6 Å². The quantitative estimate of drug-likeness (QED) is 0.571. The molecular formula is C18H22N2O2. The van der Waals surface area contributed by atoms with Gasteiger partial charge in [-0.2, -0.15) is 0 Å². The normalized spacial score (nSPS) is 14.4. The lowest BCUT2D eigenvalue weighted by Crippen LogP contribution is -2.27. The van der Waals surface area contributed by atoms with Gasteiger partial charge in [-0.15, -0.1) is 0 Å². The fourth-order valence-electron chi connectivity index (χ4n) is 2.25. The number of unbranched alkanes of at least 4 members (excludes halogenated alkanes) is 3. The summed E-state index contributed by atoms with van der Waals surface area (Å²) in [5, 5.41) is 6.05. The molecule has 22 heavy (non-hydrogen) atoms. The maximum Gasteiger partial charge on any atom is 0.204 e. The summed E-state index contributed by atoms with van der Waals surface area (Å²) in [6.45, 7) is 2.88. The van der Waals surface area contributed by atoms with E-state index in [4.69, 9.17) is 0 Å². The Morgan fingerprint density at radius 2 is 1.55 bits per heavy atom. The largest absolute Gasteiger partial charge is 0.382 e. The van der Waals surface area contributed by atoms with Crippen molar-refractivity contribution in [2.45, 2.75) is 32.6 Å². The maximum absolute atomic E-state index is 12.1. The van der Waals surface area contributed by atoms with Crippen molar-refractivity contribution in [3.8, 4) is 0 Å². The molecule has 0 aliphatic heterocycles. The Morgan fingerprint density at radius 1 is 0.864 bits per heavy atom. The molecule has 2 N–H and O–H groups in total. The number of para-hydroxylation sites is 1. The van der Waals surface area contributed by atoms with Crippen LogP contribution in [0.15, 0.2) is 53.9 Å². The van der Waals surface area contributed by atoms with Gasteiger partial charge in [-0.25, -0.2) is 0 Å². The first kappa shape index (κ1) is 16.0. The number of anilines is 1. The van der Waals surface area contributed by atoms with Crippen LogP contribution in [0.3, 0.4) is 0 Å². The van der Waals surface area contributed by atoms with Gasteiger partial charge in [0.1, 0.15) is 0 Å². The van der Waals surface area contributed by atoms with E-state index in [1.807, 2.05) is 30.3 Å². The summed E-state index contributed by atoms with van der Waals surface area (Å²) in [7, 11) is 0. The van der Waals surface area contributed by atoms with Crippen LogP contribution in [0.5, 0.6) is 0 Å². The van der Waals surface area contributed by atoms with Crippen LogP contribution in [-0.4, -0.2) is 18.1 Å². The molecule has 0 saturated heterocycles. The van der Waals surface area contributed by atoms with Crippen molar-refractivity contribution in [1.82, 2.24) is 5.32 Å². The fourth-order valence-corrected chi connectivity index (χ4v) is 2.25. The third kappa shape index (κ3) is 4.58. The van der Waals surface area contributed by atoms with Crippen molar-refractivity contribution < 1.29 is 9.59 Å². The lowest BCUT2D eigenvalue weighted by Gasteiger charge is -2.15. The molecule has 0 amide bonds. The summed E-state index contributed by atoms with van der Waals surface area (Å²) in [5.74, 6) is -0.340. The minimum atomic E-state index is -0.181. The minimum Gasteiger partial charge on any atom is -0.382 e. The zero-order valence-electron chi connectivity index (χ0n) is 12.9. The molecule has 116 valence electrons. The molecule has 1 aliphatic carbocycles. The fraction of sp³-hybridized carbons (Fsp3) is 0.333. The highest BCUT2D eigenvalue weighted by molar-refractivity contribution is 6.20. The standard InChI is InChI=1S/C18H22N2O2/c1-2-3-4-8-11-19-15-12-18(22)16(13-17(15)21)20-14-9-6-5-7-10-14/h5-7,9-10,12-13,19-20H,2-4,8,11H2,1H3. The van der Waals surface area contributed by atoms with Gasteiger partial charge in [0.15, 0.2) is 0 Å². The second kappa shape index (κ2) is 8.17. The van der Waals surface area contributed by atoms with Gasteiger partial charge in [0.25, 0.3) is 0 Å². The van der Waals surface area contributed by atoms with Crippen LogP contribution in [0, 0.1) is 0 Å². The molecule has 4 nitrogen and oxygen atoms in total. The lowest BCUT2D eigenvalue weighted by molar-refractivity contribution is -0.115. The third-order valence-corrected chi connectivity index (χ3v) is 3.48. The summed E-state index contributed by atoms with van der Waals surface area (Å²) in [5.41, 5.74) is 1.49. The van der Waals surface area contributed by atoms with Crippen molar-refractivity contribution in [2.75, 3.05) is 11.9 Å². The van der Waals surface area contributed by atoms with Gasteiger partial charge in [-0.1, -0.05) is 44.4 Å². The van der Waals surface area contributed by atoms with Crippen LogP contribution in [0.25, 0.3) is 0 Å². The SMILES string of the molecule is CCCCCCNC1=CC(=O)C(Nc2ccccc2)=CC1=O. The number of rotatable bonds is 8. The first-order valence-electron chi connectivity index (χ1n) is 7.78. The highest BCUT2D eigenvalue weighted by atomic mass is 16.1. The van der Waals surface area contributed by atoms with Gasteiger partial charge < -0.3 is 10.6 Å².